The predicted octanol–water partition coefficient (Wildman–Crippen LogP) is 2.92. The smallest absolute Gasteiger partial charge is 0.319 e. The summed E-state index contributed by atoms with van der Waals surface area (Å²) in [6, 6.07) is 7.60. The summed E-state index contributed by atoms with van der Waals surface area (Å²) in [5, 5.41) is 15.6. The van der Waals surface area contributed by atoms with Crippen LogP contribution in [-0.4, -0.2) is 30.9 Å². The fourth-order valence-electron chi connectivity index (χ4n) is 4.22. The quantitative estimate of drug-likeness (QED) is 0.782. The molecule has 0 radical (unpaired) electrons. The van der Waals surface area contributed by atoms with Gasteiger partial charge in [-0.15, -0.1) is 0 Å². The highest BCUT2D eigenvalue weighted by Gasteiger charge is 2.47. The van der Waals surface area contributed by atoms with Crippen molar-refractivity contribution >= 4 is 11.7 Å². The number of hydrogen-bond acceptors (Lipinski definition) is 3. The van der Waals surface area contributed by atoms with Gasteiger partial charge in [0, 0.05) is 31.4 Å². The van der Waals surface area contributed by atoms with Gasteiger partial charge in [0.2, 0.25) is 0 Å². The van der Waals surface area contributed by atoms with E-state index in [1.807, 2.05) is 31.2 Å². The molecule has 126 valence electrons. The minimum atomic E-state index is -0.191. The maximum absolute atomic E-state index is 12.3. The summed E-state index contributed by atoms with van der Waals surface area (Å²) in [4.78, 5) is 12.3. The molecular weight excluding hydrogens is 292 g/mol. The minimum Gasteiger partial charge on any atom is -0.396 e. The highest BCUT2D eigenvalue weighted by Crippen LogP contribution is 2.48. The minimum absolute atomic E-state index is 0.0100. The monoisotopic (exact) mass is 318 g/mol. The van der Waals surface area contributed by atoms with Crippen LogP contribution in [0.15, 0.2) is 24.3 Å². The molecule has 2 aliphatic rings. The molecule has 2 aliphatic carbocycles. The van der Waals surface area contributed by atoms with E-state index in [0.717, 1.165) is 24.1 Å². The maximum Gasteiger partial charge on any atom is 0.319 e. The number of fused-ring (bicyclic) bond motifs is 2. The summed E-state index contributed by atoms with van der Waals surface area (Å²) in [7, 11) is 1.67. The Morgan fingerprint density at radius 2 is 2.17 bits per heavy atom. The Labute approximate surface area is 137 Å². The molecule has 0 heterocycles. The molecule has 1 aromatic carbocycles. The molecule has 3 N–H and O–H groups in total. The molecule has 0 saturated heterocycles. The van der Waals surface area contributed by atoms with E-state index in [2.05, 4.69) is 10.6 Å². The predicted molar refractivity (Wildman–Crippen MR) is 89.2 cm³/mol. The molecule has 0 spiro atoms. The van der Waals surface area contributed by atoms with E-state index in [-0.39, 0.29) is 30.7 Å². The van der Waals surface area contributed by atoms with Crippen molar-refractivity contribution in [2.45, 2.75) is 38.3 Å². The van der Waals surface area contributed by atoms with Gasteiger partial charge in [0.1, 0.15) is 0 Å². The first kappa shape index (κ1) is 16.3. The van der Waals surface area contributed by atoms with Crippen LogP contribution in [0.2, 0.25) is 0 Å². The molecule has 0 aromatic heterocycles. The van der Waals surface area contributed by atoms with E-state index in [1.54, 1.807) is 7.11 Å². The van der Waals surface area contributed by atoms with Crippen molar-refractivity contribution < 1.29 is 14.6 Å². The molecular formula is C18H26N2O3. The van der Waals surface area contributed by atoms with Crippen molar-refractivity contribution in [3.05, 3.63) is 29.8 Å². The van der Waals surface area contributed by atoms with Crippen LogP contribution in [0.25, 0.3) is 0 Å². The zero-order valence-corrected chi connectivity index (χ0v) is 13.8. The Kier molecular flexibility index (Phi) is 4.87. The SMILES string of the molecule is CO[C@H](C)c1cccc(NC(=O)N[C@@H]2[C@H]3CC[C@@H](C3)[C@H]2CO)c1. The number of rotatable bonds is 5. The number of amides is 2. The van der Waals surface area contributed by atoms with Crippen LogP contribution in [0.1, 0.15) is 37.9 Å². The molecule has 0 unspecified atom stereocenters. The van der Waals surface area contributed by atoms with Crippen LogP contribution >= 0.6 is 0 Å². The third-order valence-electron chi connectivity index (χ3n) is 5.56. The van der Waals surface area contributed by atoms with Crippen molar-refractivity contribution in [1.29, 1.82) is 0 Å². The lowest BCUT2D eigenvalue weighted by Crippen LogP contribution is -2.46. The Balaban J connectivity index is 1.61. The fraction of sp³-hybridized carbons (Fsp3) is 0.611. The normalized spacial score (nSPS) is 30.2. The fourth-order valence-corrected chi connectivity index (χ4v) is 4.22. The Morgan fingerprint density at radius 1 is 1.39 bits per heavy atom. The van der Waals surface area contributed by atoms with Gasteiger partial charge in [-0.2, -0.15) is 0 Å². The van der Waals surface area contributed by atoms with Gasteiger partial charge in [0.15, 0.2) is 0 Å². The second-order valence-electron chi connectivity index (χ2n) is 6.81. The van der Waals surface area contributed by atoms with Crippen molar-refractivity contribution in [1.82, 2.24) is 5.32 Å². The summed E-state index contributed by atoms with van der Waals surface area (Å²) < 4.78 is 5.31. The molecule has 5 atom stereocenters. The Morgan fingerprint density at radius 3 is 2.91 bits per heavy atom. The third kappa shape index (κ3) is 3.35. The van der Waals surface area contributed by atoms with Gasteiger partial charge in [-0.1, -0.05) is 12.1 Å². The number of aliphatic hydroxyl groups excluding tert-OH is 1. The van der Waals surface area contributed by atoms with Gasteiger partial charge in [-0.25, -0.2) is 4.79 Å². The van der Waals surface area contributed by atoms with E-state index in [1.165, 1.54) is 6.42 Å². The number of hydrogen-bond donors (Lipinski definition) is 3. The lowest BCUT2D eigenvalue weighted by atomic mass is 9.85. The zero-order valence-electron chi connectivity index (χ0n) is 13.8. The zero-order chi connectivity index (χ0) is 16.4. The topological polar surface area (TPSA) is 70.6 Å². The van der Waals surface area contributed by atoms with Crippen LogP contribution in [0.4, 0.5) is 10.5 Å². The number of benzene rings is 1. The first-order valence-corrected chi connectivity index (χ1v) is 8.43. The molecule has 5 nitrogen and oxygen atoms in total. The second-order valence-corrected chi connectivity index (χ2v) is 6.81. The number of methoxy groups -OCH3 is 1. The maximum atomic E-state index is 12.3. The van der Waals surface area contributed by atoms with E-state index < -0.39 is 0 Å². The average Bonchev–Trinajstić information content (AvgIpc) is 3.15. The Bertz CT molecular complexity index is 563. The number of carbonyl (C=O) groups excluding carboxylic acids is 1. The van der Waals surface area contributed by atoms with Crippen molar-refractivity contribution in [3.8, 4) is 0 Å². The third-order valence-corrected chi connectivity index (χ3v) is 5.56. The molecule has 23 heavy (non-hydrogen) atoms. The van der Waals surface area contributed by atoms with E-state index in [9.17, 15) is 9.90 Å². The second kappa shape index (κ2) is 6.89. The molecule has 1 aromatic rings. The van der Waals surface area contributed by atoms with Crippen molar-refractivity contribution in [2.75, 3.05) is 19.0 Å². The van der Waals surface area contributed by atoms with Gasteiger partial charge in [-0.3, -0.25) is 0 Å². The van der Waals surface area contributed by atoms with Gasteiger partial charge < -0.3 is 20.5 Å². The van der Waals surface area contributed by atoms with Gasteiger partial charge in [0.05, 0.1) is 6.10 Å². The Hall–Kier alpha value is -1.59. The van der Waals surface area contributed by atoms with Crippen LogP contribution in [0.5, 0.6) is 0 Å². The lowest BCUT2D eigenvalue weighted by Gasteiger charge is -2.30. The lowest BCUT2D eigenvalue weighted by molar-refractivity contribution is 0.119. The highest BCUT2D eigenvalue weighted by atomic mass is 16.5. The van der Waals surface area contributed by atoms with Crippen LogP contribution in [0.3, 0.4) is 0 Å². The van der Waals surface area contributed by atoms with Gasteiger partial charge in [0.25, 0.3) is 0 Å². The summed E-state index contributed by atoms with van der Waals surface area (Å²) >= 11 is 0. The molecule has 2 fully saturated rings. The molecule has 0 aliphatic heterocycles. The van der Waals surface area contributed by atoms with Crippen molar-refractivity contribution in [2.24, 2.45) is 17.8 Å². The van der Waals surface area contributed by atoms with Gasteiger partial charge in [-0.05, 0) is 55.7 Å². The van der Waals surface area contributed by atoms with Crippen LogP contribution < -0.4 is 10.6 Å². The molecule has 2 saturated carbocycles. The van der Waals surface area contributed by atoms with E-state index >= 15 is 0 Å². The van der Waals surface area contributed by atoms with Crippen LogP contribution in [-0.2, 0) is 4.74 Å². The molecule has 5 heteroatoms. The first-order chi connectivity index (χ1) is 11.1. The standard InChI is InChI=1S/C18H26N2O3/c1-11(23-2)12-4-3-5-15(9-12)19-18(22)20-17-14-7-6-13(8-14)16(17)10-21/h3-5,9,11,13-14,16-17,21H,6-8,10H2,1-2H3,(H2,19,20,22)/t11-,13+,14+,16-,17-/m1/s1. The summed E-state index contributed by atoms with van der Waals surface area (Å²) in [5.41, 5.74) is 1.78. The first-order valence-electron chi connectivity index (χ1n) is 8.43. The number of ether oxygens (including phenoxy) is 1. The molecule has 2 amide bonds. The summed E-state index contributed by atoms with van der Waals surface area (Å²) in [6.45, 7) is 2.13. The average molecular weight is 318 g/mol. The molecule has 2 bridgehead atoms. The van der Waals surface area contributed by atoms with Gasteiger partial charge >= 0.3 is 6.03 Å². The van der Waals surface area contributed by atoms with E-state index in [4.69, 9.17) is 4.74 Å². The largest absolute Gasteiger partial charge is 0.396 e. The number of urea groups is 1. The number of aliphatic hydroxyl groups is 1. The summed E-state index contributed by atoms with van der Waals surface area (Å²) in [6.07, 6.45) is 3.47. The number of nitrogens with one attached hydrogen (secondary N) is 2. The number of carbonyl (C=O) groups is 1. The summed E-state index contributed by atoms with van der Waals surface area (Å²) in [5.74, 6) is 1.29. The van der Waals surface area contributed by atoms with E-state index in [0.29, 0.717) is 11.8 Å². The number of anilines is 1. The van der Waals surface area contributed by atoms with Crippen LogP contribution in [0, 0.1) is 17.8 Å². The van der Waals surface area contributed by atoms with Crippen molar-refractivity contribution in [3.63, 3.8) is 0 Å². The highest BCUT2D eigenvalue weighted by molar-refractivity contribution is 5.89. The molecule has 3 rings (SSSR count).